The summed E-state index contributed by atoms with van der Waals surface area (Å²) in [7, 11) is -1.66. The van der Waals surface area contributed by atoms with Crippen molar-refractivity contribution < 1.29 is 13.2 Å². The van der Waals surface area contributed by atoms with Gasteiger partial charge in [-0.1, -0.05) is 0 Å². The van der Waals surface area contributed by atoms with Crippen molar-refractivity contribution in [3.8, 4) is 0 Å². The van der Waals surface area contributed by atoms with Crippen molar-refractivity contribution in [3.05, 3.63) is 18.5 Å². The molecule has 1 aromatic rings. The van der Waals surface area contributed by atoms with Gasteiger partial charge in [0.25, 0.3) is 0 Å². The van der Waals surface area contributed by atoms with Crippen LogP contribution < -0.4 is 5.73 Å². The number of piperazine rings is 1. The Bertz CT molecular complexity index is 588. The minimum absolute atomic E-state index is 0.302. The quantitative estimate of drug-likeness (QED) is 0.789. The second-order valence-electron chi connectivity index (χ2n) is 5.03. The van der Waals surface area contributed by atoms with Gasteiger partial charge < -0.3 is 10.3 Å². The van der Waals surface area contributed by atoms with Gasteiger partial charge in [-0.2, -0.15) is 4.31 Å². The Morgan fingerprint density at radius 1 is 1.30 bits per heavy atom. The number of carbonyl (C=O) groups is 1. The summed E-state index contributed by atoms with van der Waals surface area (Å²) in [5.74, 6) is -0.385. The molecule has 0 bridgehead atoms. The fourth-order valence-electron chi connectivity index (χ4n) is 2.29. The van der Waals surface area contributed by atoms with Gasteiger partial charge in [-0.15, -0.1) is 0 Å². The van der Waals surface area contributed by atoms with Crippen LogP contribution in [0.5, 0.6) is 0 Å². The lowest BCUT2D eigenvalue weighted by molar-refractivity contribution is -0.123. The molecule has 112 valence electrons. The molecule has 0 radical (unpaired) electrons. The van der Waals surface area contributed by atoms with Crippen molar-refractivity contribution >= 4 is 15.9 Å². The number of nitrogens with two attached hydrogens (primary N) is 1. The fourth-order valence-corrected chi connectivity index (χ4v) is 3.77. The lowest BCUT2D eigenvalue weighted by Gasteiger charge is -2.36. The zero-order valence-corrected chi connectivity index (χ0v) is 12.5. The third kappa shape index (κ3) is 2.87. The summed E-state index contributed by atoms with van der Waals surface area (Å²) in [4.78, 5) is 13.4. The monoisotopic (exact) mass is 300 g/mol. The molecule has 2 heterocycles. The van der Waals surface area contributed by atoms with Crippen molar-refractivity contribution in [3.63, 3.8) is 0 Å². The summed E-state index contributed by atoms with van der Waals surface area (Å²) in [5.41, 5.74) is 5.27. The summed E-state index contributed by atoms with van der Waals surface area (Å²) in [6.07, 6.45) is 3.30. The van der Waals surface area contributed by atoms with Gasteiger partial charge in [0, 0.05) is 45.6 Å². The van der Waals surface area contributed by atoms with Crippen LogP contribution in [0.2, 0.25) is 0 Å². The summed E-state index contributed by atoms with van der Waals surface area (Å²) in [6.45, 7) is 3.50. The second kappa shape index (κ2) is 5.55. The molecule has 1 aliphatic rings. The first-order chi connectivity index (χ1) is 9.32. The number of aromatic nitrogens is 1. The van der Waals surface area contributed by atoms with Crippen molar-refractivity contribution in [2.24, 2.45) is 12.8 Å². The molecule has 1 aromatic heterocycles. The highest BCUT2D eigenvalue weighted by atomic mass is 32.2. The minimum atomic E-state index is -3.44. The Morgan fingerprint density at radius 3 is 2.35 bits per heavy atom. The average molecular weight is 300 g/mol. The highest BCUT2D eigenvalue weighted by Crippen LogP contribution is 2.18. The molecule has 8 heteroatoms. The number of amides is 1. The van der Waals surface area contributed by atoms with Gasteiger partial charge in [-0.25, -0.2) is 8.42 Å². The van der Waals surface area contributed by atoms with Gasteiger partial charge in [0.15, 0.2) is 0 Å². The Labute approximate surface area is 119 Å². The van der Waals surface area contributed by atoms with E-state index in [0.717, 1.165) is 0 Å². The van der Waals surface area contributed by atoms with Crippen LogP contribution in [0, 0.1) is 0 Å². The molecule has 1 atom stereocenters. The van der Waals surface area contributed by atoms with Crippen LogP contribution in [-0.4, -0.2) is 60.3 Å². The van der Waals surface area contributed by atoms with E-state index in [2.05, 4.69) is 0 Å². The molecule has 0 unspecified atom stereocenters. The molecule has 0 saturated carbocycles. The first-order valence-electron chi connectivity index (χ1n) is 6.48. The van der Waals surface area contributed by atoms with E-state index in [1.165, 1.54) is 4.31 Å². The normalized spacial score (nSPS) is 19.9. The summed E-state index contributed by atoms with van der Waals surface area (Å²) < 4.78 is 28.0. The van der Waals surface area contributed by atoms with E-state index >= 15 is 0 Å². The highest BCUT2D eigenvalue weighted by molar-refractivity contribution is 7.89. The maximum atomic E-state index is 12.4. The van der Waals surface area contributed by atoms with Crippen LogP contribution in [0.4, 0.5) is 0 Å². The SMILES string of the molecule is C[C@@H](C(N)=O)N1CCN(S(=O)(=O)c2ccn(C)c2)CC1. The fraction of sp³-hybridized carbons (Fsp3) is 0.583. The molecule has 0 aliphatic carbocycles. The molecule has 2 rings (SSSR count). The van der Waals surface area contributed by atoms with E-state index in [1.54, 1.807) is 37.0 Å². The molecule has 1 saturated heterocycles. The molecule has 2 N–H and O–H groups in total. The van der Waals surface area contributed by atoms with E-state index in [1.807, 2.05) is 4.90 Å². The van der Waals surface area contributed by atoms with Crippen molar-refractivity contribution in [1.29, 1.82) is 0 Å². The molecule has 1 amide bonds. The number of sulfonamides is 1. The van der Waals surface area contributed by atoms with Gasteiger partial charge in [-0.3, -0.25) is 9.69 Å². The predicted molar refractivity (Wildman–Crippen MR) is 74.4 cm³/mol. The topological polar surface area (TPSA) is 88.6 Å². The number of hydrogen-bond donors (Lipinski definition) is 1. The van der Waals surface area contributed by atoms with E-state index in [0.29, 0.717) is 31.1 Å². The lowest BCUT2D eigenvalue weighted by atomic mass is 10.2. The van der Waals surface area contributed by atoms with Gasteiger partial charge in [0.05, 0.1) is 10.9 Å². The molecular weight excluding hydrogens is 280 g/mol. The third-order valence-electron chi connectivity index (χ3n) is 3.68. The zero-order chi connectivity index (χ0) is 14.9. The largest absolute Gasteiger partial charge is 0.368 e. The second-order valence-corrected chi connectivity index (χ2v) is 6.97. The summed E-state index contributed by atoms with van der Waals surface area (Å²) in [5, 5.41) is 0. The lowest BCUT2D eigenvalue weighted by Crippen LogP contribution is -2.54. The Morgan fingerprint density at radius 2 is 1.90 bits per heavy atom. The van der Waals surface area contributed by atoms with E-state index in [4.69, 9.17) is 5.73 Å². The maximum Gasteiger partial charge on any atom is 0.244 e. The van der Waals surface area contributed by atoms with Gasteiger partial charge in [0.1, 0.15) is 0 Å². The number of primary amides is 1. The van der Waals surface area contributed by atoms with Crippen LogP contribution in [0.15, 0.2) is 23.4 Å². The number of nitrogens with zero attached hydrogens (tertiary/aromatic N) is 3. The summed E-state index contributed by atoms with van der Waals surface area (Å²) >= 11 is 0. The van der Waals surface area contributed by atoms with Crippen LogP contribution in [0.25, 0.3) is 0 Å². The van der Waals surface area contributed by atoms with Crippen LogP contribution in [0.1, 0.15) is 6.92 Å². The molecule has 20 heavy (non-hydrogen) atoms. The maximum absolute atomic E-state index is 12.4. The summed E-state index contributed by atoms with van der Waals surface area (Å²) in [6, 6.07) is 1.23. The highest BCUT2D eigenvalue weighted by Gasteiger charge is 2.31. The number of aryl methyl sites for hydroxylation is 1. The van der Waals surface area contributed by atoms with E-state index in [-0.39, 0.29) is 11.9 Å². The Kier molecular flexibility index (Phi) is 4.17. The molecule has 0 spiro atoms. The number of hydrogen-bond acceptors (Lipinski definition) is 4. The number of carbonyl (C=O) groups excluding carboxylic acids is 1. The van der Waals surface area contributed by atoms with Gasteiger partial charge in [-0.05, 0) is 13.0 Å². The molecular formula is C12H20N4O3S. The standard InChI is InChI=1S/C12H20N4O3S/c1-10(12(13)17)15-5-7-16(8-6-15)20(18,19)11-3-4-14(2)9-11/h3-4,9-10H,5-8H2,1-2H3,(H2,13,17)/t10-/m0/s1. The van der Waals surface area contributed by atoms with Crippen LogP contribution in [-0.2, 0) is 21.9 Å². The van der Waals surface area contributed by atoms with Crippen molar-refractivity contribution in [2.45, 2.75) is 17.9 Å². The van der Waals surface area contributed by atoms with E-state index < -0.39 is 10.0 Å². The minimum Gasteiger partial charge on any atom is -0.368 e. The van der Waals surface area contributed by atoms with Crippen LogP contribution in [0.3, 0.4) is 0 Å². The van der Waals surface area contributed by atoms with Crippen molar-refractivity contribution in [2.75, 3.05) is 26.2 Å². The van der Waals surface area contributed by atoms with Crippen LogP contribution >= 0.6 is 0 Å². The Balaban J connectivity index is 2.05. The molecule has 0 aromatic carbocycles. The van der Waals surface area contributed by atoms with E-state index in [9.17, 15) is 13.2 Å². The Hall–Kier alpha value is -1.38. The first-order valence-corrected chi connectivity index (χ1v) is 7.92. The predicted octanol–water partition coefficient (Wildman–Crippen LogP) is -0.795. The number of rotatable bonds is 4. The van der Waals surface area contributed by atoms with Gasteiger partial charge >= 0.3 is 0 Å². The smallest absolute Gasteiger partial charge is 0.244 e. The zero-order valence-electron chi connectivity index (χ0n) is 11.7. The average Bonchev–Trinajstić information content (AvgIpc) is 2.85. The molecule has 7 nitrogen and oxygen atoms in total. The molecule has 1 aliphatic heterocycles. The first kappa shape index (κ1) is 15.0. The third-order valence-corrected chi connectivity index (χ3v) is 5.56. The van der Waals surface area contributed by atoms with Crippen molar-refractivity contribution in [1.82, 2.24) is 13.8 Å². The van der Waals surface area contributed by atoms with Gasteiger partial charge in [0.2, 0.25) is 15.9 Å². The molecule has 1 fully saturated rings.